The SMILES string of the molecule is COc1ccc(-c2noc(-c3ccc(NCc4ccncn4)nc3)n2)cc1. The van der Waals surface area contributed by atoms with Crippen molar-refractivity contribution < 1.29 is 9.26 Å². The summed E-state index contributed by atoms with van der Waals surface area (Å²) in [5.41, 5.74) is 2.48. The van der Waals surface area contributed by atoms with E-state index in [1.165, 1.54) is 6.33 Å². The van der Waals surface area contributed by atoms with Crippen molar-refractivity contribution in [1.82, 2.24) is 25.1 Å². The predicted molar refractivity (Wildman–Crippen MR) is 98.9 cm³/mol. The summed E-state index contributed by atoms with van der Waals surface area (Å²) in [5, 5.41) is 7.23. The van der Waals surface area contributed by atoms with Crippen LogP contribution in [0.25, 0.3) is 22.8 Å². The first kappa shape index (κ1) is 16.6. The highest BCUT2D eigenvalue weighted by atomic mass is 16.5. The van der Waals surface area contributed by atoms with Gasteiger partial charge in [-0.3, -0.25) is 0 Å². The Labute approximate surface area is 155 Å². The lowest BCUT2D eigenvalue weighted by atomic mass is 10.2. The van der Waals surface area contributed by atoms with Crippen LogP contribution >= 0.6 is 0 Å². The summed E-state index contributed by atoms with van der Waals surface area (Å²) in [5.74, 6) is 2.43. The molecule has 8 nitrogen and oxygen atoms in total. The molecule has 0 aliphatic carbocycles. The number of pyridine rings is 1. The fourth-order valence-electron chi connectivity index (χ4n) is 2.43. The summed E-state index contributed by atoms with van der Waals surface area (Å²) in [6, 6.07) is 13.0. The molecule has 0 unspecified atom stereocenters. The van der Waals surface area contributed by atoms with E-state index in [0.29, 0.717) is 18.3 Å². The van der Waals surface area contributed by atoms with Gasteiger partial charge in [-0.2, -0.15) is 4.98 Å². The zero-order chi connectivity index (χ0) is 18.5. The average Bonchev–Trinajstić information content (AvgIpc) is 3.24. The first-order valence-corrected chi connectivity index (χ1v) is 8.25. The maximum absolute atomic E-state index is 5.36. The molecule has 0 atom stereocenters. The highest BCUT2D eigenvalue weighted by Crippen LogP contribution is 2.24. The lowest BCUT2D eigenvalue weighted by Gasteiger charge is -2.04. The molecule has 0 spiro atoms. The van der Waals surface area contributed by atoms with Gasteiger partial charge in [-0.25, -0.2) is 15.0 Å². The van der Waals surface area contributed by atoms with Crippen molar-refractivity contribution >= 4 is 5.82 Å². The second-order valence-electron chi connectivity index (χ2n) is 5.64. The third-order valence-electron chi connectivity index (χ3n) is 3.88. The number of anilines is 1. The maximum atomic E-state index is 5.36. The van der Waals surface area contributed by atoms with Crippen molar-refractivity contribution in [2.75, 3.05) is 12.4 Å². The summed E-state index contributed by atoms with van der Waals surface area (Å²) in [7, 11) is 1.63. The van der Waals surface area contributed by atoms with Crippen LogP contribution in [0.3, 0.4) is 0 Å². The molecule has 0 radical (unpaired) electrons. The molecule has 0 bridgehead atoms. The molecule has 0 fully saturated rings. The fourth-order valence-corrected chi connectivity index (χ4v) is 2.43. The molecule has 1 N–H and O–H groups in total. The summed E-state index contributed by atoms with van der Waals surface area (Å²) >= 11 is 0. The van der Waals surface area contributed by atoms with E-state index in [1.54, 1.807) is 19.5 Å². The van der Waals surface area contributed by atoms with Gasteiger partial charge in [-0.15, -0.1) is 0 Å². The lowest BCUT2D eigenvalue weighted by molar-refractivity contribution is 0.415. The molecule has 8 heteroatoms. The molecule has 0 saturated carbocycles. The molecule has 0 aliphatic heterocycles. The van der Waals surface area contributed by atoms with Gasteiger partial charge in [0.05, 0.1) is 24.9 Å². The van der Waals surface area contributed by atoms with Crippen LogP contribution in [0.5, 0.6) is 5.75 Å². The number of methoxy groups -OCH3 is 1. The van der Waals surface area contributed by atoms with Gasteiger partial charge in [0.2, 0.25) is 5.82 Å². The van der Waals surface area contributed by atoms with E-state index >= 15 is 0 Å². The van der Waals surface area contributed by atoms with Crippen molar-refractivity contribution in [1.29, 1.82) is 0 Å². The Hall–Kier alpha value is -3.81. The monoisotopic (exact) mass is 360 g/mol. The molecule has 0 aliphatic rings. The standard InChI is InChI=1S/C19H16N6O2/c1-26-16-5-2-13(3-6-16)18-24-19(27-25-18)14-4-7-17(21-10-14)22-11-15-8-9-20-12-23-15/h2-10,12H,11H2,1H3,(H,21,22). The summed E-state index contributed by atoms with van der Waals surface area (Å²) in [6.45, 7) is 0.567. The maximum Gasteiger partial charge on any atom is 0.259 e. The molecular formula is C19H16N6O2. The van der Waals surface area contributed by atoms with Crippen molar-refractivity contribution in [3.05, 3.63) is 66.9 Å². The quantitative estimate of drug-likeness (QED) is 0.560. The van der Waals surface area contributed by atoms with E-state index in [0.717, 1.165) is 28.4 Å². The highest BCUT2D eigenvalue weighted by Gasteiger charge is 2.11. The first-order chi connectivity index (χ1) is 13.3. The molecule has 3 heterocycles. The van der Waals surface area contributed by atoms with Crippen molar-refractivity contribution in [3.8, 4) is 28.6 Å². The van der Waals surface area contributed by atoms with Crippen LogP contribution in [-0.2, 0) is 6.54 Å². The van der Waals surface area contributed by atoms with Crippen LogP contribution < -0.4 is 10.1 Å². The largest absolute Gasteiger partial charge is 0.497 e. The molecule has 27 heavy (non-hydrogen) atoms. The normalized spacial score (nSPS) is 10.6. The molecular weight excluding hydrogens is 344 g/mol. The molecule has 0 saturated heterocycles. The Morgan fingerprint density at radius 3 is 2.56 bits per heavy atom. The Kier molecular flexibility index (Phi) is 4.69. The van der Waals surface area contributed by atoms with Gasteiger partial charge >= 0.3 is 0 Å². The summed E-state index contributed by atoms with van der Waals surface area (Å²) in [4.78, 5) is 16.9. The van der Waals surface area contributed by atoms with Crippen LogP contribution in [0.15, 0.2) is 65.7 Å². The second-order valence-corrected chi connectivity index (χ2v) is 5.64. The van der Waals surface area contributed by atoms with Crippen LogP contribution in [0.4, 0.5) is 5.82 Å². The van der Waals surface area contributed by atoms with E-state index in [2.05, 4.69) is 30.4 Å². The number of hydrogen-bond acceptors (Lipinski definition) is 8. The summed E-state index contributed by atoms with van der Waals surface area (Å²) in [6.07, 6.45) is 4.91. The smallest absolute Gasteiger partial charge is 0.259 e. The molecule has 4 aromatic rings. The van der Waals surface area contributed by atoms with E-state index in [1.807, 2.05) is 42.5 Å². The Bertz CT molecular complexity index is 1000. The zero-order valence-corrected chi connectivity index (χ0v) is 14.5. The number of ether oxygens (including phenoxy) is 1. The van der Waals surface area contributed by atoms with Crippen LogP contribution in [-0.4, -0.2) is 32.2 Å². The number of hydrogen-bond donors (Lipinski definition) is 1. The molecule has 0 amide bonds. The van der Waals surface area contributed by atoms with Gasteiger partial charge in [0.25, 0.3) is 5.89 Å². The minimum Gasteiger partial charge on any atom is -0.497 e. The Balaban J connectivity index is 1.45. The van der Waals surface area contributed by atoms with Gasteiger partial charge in [0, 0.05) is 18.0 Å². The zero-order valence-electron chi connectivity index (χ0n) is 14.5. The number of nitrogens with zero attached hydrogens (tertiary/aromatic N) is 5. The van der Waals surface area contributed by atoms with E-state index < -0.39 is 0 Å². The molecule has 134 valence electrons. The second kappa shape index (κ2) is 7.61. The minimum absolute atomic E-state index is 0.413. The number of aromatic nitrogens is 5. The van der Waals surface area contributed by atoms with Gasteiger partial charge in [-0.1, -0.05) is 5.16 Å². The summed E-state index contributed by atoms with van der Waals surface area (Å²) < 4.78 is 10.5. The van der Waals surface area contributed by atoms with Crippen molar-refractivity contribution in [2.45, 2.75) is 6.54 Å². The third-order valence-corrected chi connectivity index (χ3v) is 3.88. The van der Waals surface area contributed by atoms with E-state index in [4.69, 9.17) is 9.26 Å². The number of benzene rings is 1. The van der Waals surface area contributed by atoms with Crippen molar-refractivity contribution in [2.24, 2.45) is 0 Å². The molecule has 4 rings (SSSR count). The average molecular weight is 360 g/mol. The Morgan fingerprint density at radius 1 is 1.00 bits per heavy atom. The molecule has 1 aromatic carbocycles. The van der Waals surface area contributed by atoms with E-state index in [-0.39, 0.29) is 0 Å². The van der Waals surface area contributed by atoms with Gasteiger partial charge in [-0.05, 0) is 42.5 Å². The topological polar surface area (TPSA) is 98.9 Å². The third kappa shape index (κ3) is 3.90. The first-order valence-electron chi connectivity index (χ1n) is 8.25. The van der Waals surface area contributed by atoms with Crippen molar-refractivity contribution in [3.63, 3.8) is 0 Å². The van der Waals surface area contributed by atoms with Gasteiger partial charge in [0.15, 0.2) is 0 Å². The fraction of sp³-hybridized carbons (Fsp3) is 0.105. The highest BCUT2D eigenvalue weighted by molar-refractivity contribution is 5.60. The van der Waals surface area contributed by atoms with E-state index in [9.17, 15) is 0 Å². The molecule has 3 aromatic heterocycles. The lowest BCUT2D eigenvalue weighted by Crippen LogP contribution is -2.02. The predicted octanol–water partition coefficient (Wildman–Crippen LogP) is 3.21. The van der Waals surface area contributed by atoms with Crippen LogP contribution in [0, 0.1) is 0 Å². The van der Waals surface area contributed by atoms with Crippen LogP contribution in [0.2, 0.25) is 0 Å². The van der Waals surface area contributed by atoms with Crippen LogP contribution in [0.1, 0.15) is 5.69 Å². The minimum atomic E-state index is 0.413. The Morgan fingerprint density at radius 2 is 1.85 bits per heavy atom. The van der Waals surface area contributed by atoms with Gasteiger partial charge in [0.1, 0.15) is 17.9 Å². The number of rotatable bonds is 6. The number of nitrogens with one attached hydrogen (secondary N) is 1. The van der Waals surface area contributed by atoms with Gasteiger partial charge < -0.3 is 14.6 Å².